The van der Waals surface area contributed by atoms with Crippen molar-refractivity contribution in [1.82, 2.24) is 4.90 Å². The van der Waals surface area contributed by atoms with Gasteiger partial charge in [-0.25, -0.2) is 4.99 Å². The number of nitrogens with two attached hydrogens (primary N) is 3. The second-order valence-electron chi connectivity index (χ2n) is 3.49. The molecule has 7 nitrogen and oxygen atoms in total. The Balaban J connectivity index is 2.60. The van der Waals surface area contributed by atoms with Crippen molar-refractivity contribution in [3.05, 3.63) is 0 Å². The van der Waals surface area contributed by atoms with Crippen LogP contribution in [0.5, 0.6) is 0 Å². The molecule has 0 radical (unpaired) electrons. The molecule has 1 rings (SSSR count). The van der Waals surface area contributed by atoms with E-state index in [-0.39, 0.29) is 23.9 Å². The number of amides is 1. The van der Waals surface area contributed by atoms with Crippen LogP contribution in [0.4, 0.5) is 0 Å². The first-order chi connectivity index (χ1) is 6.99. The summed E-state index contributed by atoms with van der Waals surface area (Å²) >= 11 is 0. The van der Waals surface area contributed by atoms with Gasteiger partial charge in [-0.15, -0.1) is 0 Å². The van der Waals surface area contributed by atoms with Gasteiger partial charge in [-0.2, -0.15) is 4.99 Å². The molecule has 1 fully saturated rings. The normalized spacial score (nSPS) is 22.7. The molecule has 0 saturated carbocycles. The summed E-state index contributed by atoms with van der Waals surface area (Å²) in [4.78, 5) is 20.5. The summed E-state index contributed by atoms with van der Waals surface area (Å²) in [6.07, 6.45) is 1.17. The van der Waals surface area contributed by atoms with Crippen LogP contribution >= 0.6 is 0 Å². The fourth-order valence-corrected chi connectivity index (χ4v) is 1.44. The van der Waals surface area contributed by atoms with E-state index in [0.29, 0.717) is 19.4 Å². The van der Waals surface area contributed by atoms with Crippen LogP contribution in [0.15, 0.2) is 9.98 Å². The topological polar surface area (TPSA) is 123 Å². The molecule has 1 saturated heterocycles. The molecule has 1 aliphatic rings. The van der Waals surface area contributed by atoms with Gasteiger partial charge in [-0.3, -0.25) is 4.79 Å². The lowest BCUT2D eigenvalue weighted by molar-refractivity contribution is -0.132. The highest BCUT2D eigenvalue weighted by atomic mass is 16.2. The third kappa shape index (κ3) is 3.45. The van der Waals surface area contributed by atoms with E-state index < -0.39 is 0 Å². The van der Waals surface area contributed by atoms with Crippen molar-refractivity contribution in [2.24, 2.45) is 27.2 Å². The van der Waals surface area contributed by atoms with Gasteiger partial charge in [-0.1, -0.05) is 0 Å². The standard InChI is InChI=1S/C8H16N6O/c1-14-4-5(2-3-6(14)15)12-8(11)13-7(9)10/h5H,2-4H2,1H3,(H6,9,10,11,12,13). The van der Waals surface area contributed by atoms with Crippen LogP contribution in [0.3, 0.4) is 0 Å². The van der Waals surface area contributed by atoms with Gasteiger partial charge in [0.1, 0.15) is 0 Å². The molecular formula is C8H16N6O. The van der Waals surface area contributed by atoms with Crippen LogP contribution < -0.4 is 17.2 Å². The van der Waals surface area contributed by atoms with E-state index in [0.717, 1.165) is 0 Å². The quantitative estimate of drug-likeness (QED) is 0.350. The van der Waals surface area contributed by atoms with E-state index >= 15 is 0 Å². The van der Waals surface area contributed by atoms with Gasteiger partial charge in [0.15, 0.2) is 5.96 Å². The zero-order valence-corrected chi connectivity index (χ0v) is 8.68. The van der Waals surface area contributed by atoms with Crippen LogP contribution in [0.25, 0.3) is 0 Å². The first-order valence-corrected chi connectivity index (χ1v) is 4.66. The second kappa shape index (κ2) is 4.63. The lowest BCUT2D eigenvalue weighted by Crippen LogP contribution is -2.39. The van der Waals surface area contributed by atoms with Gasteiger partial charge in [0.2, 0.25) is 11.9 Å². The first-order valence-electron chi connectivity index (χ1n) is 4.66. The summed E-state index contributed by atoms with van der Waals surface area (Å²) in [6, 6.07) is -0.0178. The van der Waals surface area contributed by atoms with Crippen molar-refractivity contribution in [2.75, 3.05) is 13.6 Å². The molecule has 1 unspecified atom stereocenters. The SMILES string of the molecule is CN1CC(N=C(N)N=C(N)N)CCC1=O. The van der Waals surface area contributed by atoms with Crippen molar-refractivity contribution < 1.29 is 4.79 Å². The number of rotatable bonds is 1. The van der Waals surface area contributed by atoms with Crippen molar-refractivity contribution in [3.8, 4) is 0 Å². The van der Waals surface area contributed by atoms with Crippen LogP contribution in [0.2, 0.25) is 0 Å². The molecule has 0 spiro atoms. The van der Waals surface area contributed by atoms with Crippen LogP contribution in [0.1, 0.15) is 12.8 Å². The molecule has 7 heteroatoms. The zero-order chi connectivity index (χ0) is 11.4. The van der Waals surface area contributed by atoms with E-state index in [4.69, 9.17) is 17.2 Å². The molecule has 1 amide bonds. The molecule has 0 aromatic heterocycles. The molecule has 1 atom stereocenters. The molecule has 0 aromatic rings. The molecule has 0 bridgehead atoms. The van der Waals surface area contributed by atoms with Crippen LogP contribution in [0, 0.1) is 0 Å². The molecule has 1 aliphatic heterocycles. The third-order valence-electron chi connectivity index (χ3n) is 2.16. The van der Waals surface area contributed by atoms with Gasteiger partial charge in [0.05, 0.1) is 6.04 Å². The largest absolute Gasteiger partial charge is 0.370 e. The minimum Gasteiger partial charge on any atom is -0.370 e. The van der Waals surface area contributed by atoms with Crippen LogP contribution in [-0.2, 0) is 4.79 Å². The van der Waals surface area contributed by atoms with Crippen LogP contribution in [-0.4, -0.2) is 42.4 Å². The van der Waals surface area contributed by atoms with Gasteiger partial charge < -0.3 is 22.1 Å². The number of aliphatic imine (C=N–C) groups is 2. The highest BCUT2D eigenvalue weighted by Crippen LogP contribution is 2.12. The molecule has 6 N–H and O–H groups in total. The van der Waals surface area contributed by atoms with E-state index in [9.17, 15) is 4.79 Å². The number of carbonyl (C=O) groups is 1. The predicted molar refractivity (Wildman–Crippen MR) is 58.1 cm³/mol. The number of nitrogens with zero attached hydrogens (tertiary/aromatic N) is 3. The van der Waals surface area contributed by atoms with Crippen molar-refractivity contribution in [1.29, 1.82) is 0 Å². The minimum atomic E-state index is -0.114. The third-order valence-corrected chi connectivity index (χ3v) is 2.16. The summed E-state index contributed by atoms with van der Waals surface area (Å²) < 4.78 is 0. The Labute approximate surface area is 88.0 Å². The number of guanidine groups is 2. The second-order valence-corrected chi connectivity index (χ2v) is 3.49. The Hall–Kier alpha value is -1.79. The maximum atomic E-state index is 11.2. The monoisotopic (exact) mass is 212 g/mol. The molecule has 1 heterocycles. The molecule has 15 heavy (non-hydrogen) atoms. The Bertz CT molecular complexity index is 306. The highest BCUT2D eigenvalue weighted by Gasteiger charge is 2.22. The summed E-state index contributed by atoms with van der Waals surface area (Å²) in [5.74, 6) is 0.0705. The van der Waals surface area contributed by atoms with Gasteiger partial charge in [0.25, 0.3) is 0 Å². The van der Waals surface area contributed by atoms with Crippen molar-refractivity contribution >= 4 is 17.8 Å². The smallest absolute Gasteiger partial charge is 0.222 e. The minimum absolute atomic E-state index is 0.0178. The predicted octanol–water partition coefficient (Wildman–Crippen LogP) is -1.80. The lowest BCUT2D eigenvalue weighted by Gasteiger charge is -2.27. The summed E-state index contributed by atoms with van der Waals surface area (Å²) in [5, 5.41) is 0. The Kier molecular flexibility index (Phi) is 3.48. The molecule has 0 aliphatic carbocycles. The molecule has 0 aromatic carbocycles. The summed E-state index contributed by atoms with van der Waals surface area (Å²) in [7, 11) is 1.74. The first kappa shape index (κ1) is 11.3. The van der Waals surface area contributed by atoms with E-state index in [1.807, 2.05) is 0 Å². The average Bonchev–Trinajstić information content (AvgIpc) is 2.10. The average molecular weight is 212 g/mol. The number of likely N-dealkylation sites (N-methyl/N-ethyl adjacent to an activating group) is 1. The number of likely N-dealkylation sites (tertiary alicyclic amines) is 1. The van der Waals surface area contributed by atoms with Crippen molar-refractivity contribution in [3.63, 3.8) is 0 Å². The van der Waals surface area contributed by atoms with Gasteiger partial charge in [-0.05, 0) is 6.42 Å². The van der Waals surface area contributed by atoms with E-state index in [2.05, 4.69) is 9.98 Å². The maximum Gasteiger partial charge on any atom is 0.222 e. The van der Waals surface area contributed by atoms with Gasteiger partial charge >= 0.3 is 0 Å². The Morgan fingerprint density at radius 2 is 2.13 bits per heavy atom. The number of hydrogen-bond acceptors (Lipinski definition) is 2. The highest BCUT2D eigenvalue weighted by molar-refractivity contribution is 5.92. The number of hydrogen-bond donors (Lipinski definition) is 3. The fraction of sp³-hybridized carbons (Fsp3) is 0.625. The summed E-state index contributed by atoms with van der Waals surface area (Å²) in [5.41, 5.74) is 15.8. The zero-order valence-electron chi connectivity index (χ0n) is 8.68. The number of carbonyl (C=O) groups excluding carboxylic acids is 1. The van der Waals surface area contributed by atoms with Crippen molar-refractivity contribution in [2.45, 2.75) is 18.9 Å². The molecular weight excluding hydrogens is 196 g/mol. The maximum absolute atomic E-state index is 11.2. The Morgan fingerprint density at radius 1 is 1.47 bits per heavy atom. The lowest BCUT2D eigenvalue weighted by atomic mass is 10.1. The number of piperidine rings is 1. The van der Waals surface area contributed by atoms with E-state index in [1.165, 1.54) is 0 Å². The molecule has 84 valence electrons. The Morgan fingerprint density at radius 3 is 2.67 bits per heavy atom. The fourth-order valence-electron chi connectivity index (χ4n) is 1.44. The van der Waals surface area contributed by atoms with Gasteiger partial charge in [0, 0.05) is 20.0 Å². The summed E-state index contributed by atoms with van der Waals surface area (Å²) in [6.45, 7) is 0.555. The van der Waals surface area contributed by atoms with E-state index in [1.54, 1.807) is 11.9 Å².